The van der Waals surface area contributed by atoms with E-state index in [0.29, 0.717) is 17.2 Å². The molecule has 0 aromatic heterocycles. The van der Waals surface area contributed by atoms with Crippen LogP contribution in [0.15, 0.2) is 84.9 Å². The van der Waals surface area contributed by atoms with Gasteiger partial charge in [0, 0.05) is 5.56 Å². The molecule has 1 N–H and O–H groups in total. The van der Waals surface area contributed by atoms with Gasteiger partial charge in [0.25, 0.3) is 5.91 Å². The molecular weight excluding hydrogens is 420 g/mol. The summed E-state index contributed by atoms with van der Waals surface area (Å²) in [6.45, 7) is 4.49. The molecule has 0 unspecified atom stereocenters. The summed E-state index contributed by atoms with van der Waals surface area (Å²) < 4.78 is 26.2. The van der Waals surface area contributed by atoms with E-state index in [2.05, 4.69) is 19.2 Å². The Bertz CT molecular complexity index is 1110. The number of sulfonamides is 1. The highest BCUT2D eigenvalue weighted by atomic mass is 32.2. The summed E-state index contributed by atoms with van der Waals surface area (Å²) in [7, 11) is -3.48. The van der Waals surface area contributed by atoms with Crippen LogP contribution in [0.1, 0.15) is 47.8 Å². The van der Waals surface area contributed by atoms with Crippen molar-refractivity contribution in [1.82, 2.24) is 5.32 Å². The number of anilines is 1. The number of hydrogen-bond acceptors (Lipinski definition) is 3. The van der Waals surface area contributed by atoms with E-state index in [0.717, 1.165) is 17.5 Å². The maximum Gasteiger partial charge on any atom is 0.251 e. The molecule has 3 rings (SSSR count). The number of rotatable bonds is 9. The Labute approximate surface area is 191 Å². The van der Waals surface area contributed by atoms with Gasteiger partial charge in [0.2, 0.25) is 10.0 Å². The topological polar surface area (TPSA) is 66.5 Å². The Morgan fingerprint density at radius 2 is 1.44 bits per heavy atom. The van der Waals surface area contributed by atoms with Crippen LogP contribution < -0.4 is 9.62 Å². The van der Waals surface area contributed by atoms with Crippen molar-refractivity contribution >= 4 is 21.6 Å². The van der Waals surface area contributed by atoms with E-state index in [1.165, 1.54) is 10.6 Å². The number of nitrogens with zero attached hydrogens (tertiary/aromatic N) is 1. The van der Waals surface area contributed by atoms with Crippen molar-refractivity contribution in [3.8, 4) is 0 Å². The van der Waals surface area contributed by atoms with Crippen LogP contribution in [-0.2, 0) is 16.6 Å². The fourth-order valence-electron chi connectivity index (χ4n) is 3.61. The Kier molecular flexibility index (Phi) is 7.70. The standard InChI is InChI=1S/C26H30N2O3S/c1-20(2)18-25(22-12-8-5-9-13-22)27-26(29)23-14-16-24(17-15-23)28(32(3,30)31)19-21-10-6-4-7-11-21/h4-17,20,25H,18-19H2,1-3H3,(H,27,29)/t25-/m1/s1. The number of benzene rings is 3. The Balaban J connectivity index is 1.79. The smallest absolute Gasteiger partial charge is 0.251 e. The summed E-state index contributed by atoms with van der Waals surface area (Å²) in [5.41, 5.74) is 2.97. The highest BCUT2D eigenvalue weighted by molar-refractivity contribution is 7.92. The lowest BCUT2D eigenvalue weighted by Crippen LogP contribution is -2.30. The fourth-order valence-corrected chi connectivity index (χ4v) is 4.49. The van der Waals surface area contributed by atoms with Crippen LogP contribution >= 0.6 is 0 Å². The van der Waals surface area contributed by atoms with Crippen LogP contribution in [0.2, 0.25) is 0 Å². The van der Waals surface area contributed by atoms with Gasteiger partial charge in [0.05, 0.1) is 24.5 Å². The van der Waals surface area contributed by atoms with Crippen molar-refractivity contribution in [3.05, 3.63) is 102 Å². The maximum atomic E-state index is 12.9. The molecule has 1 amide bonds. The van der Waals surface area contributed by atoms with Gasteiger partial charge in [-0.1, -0.05) is 74.5 Å². The quantitative estimate of drug-likeness (QED) is 0.489. The van der Waals surface area contributed by atoms with E-state index in [1.807, 2.05) is 60.7 Å². The molecule has 0 aliphatic carbocycles. The molecule has 168 valence electrons. The highest BCUT2D eigenvalue weighted by Gasteiger charge is 2.20. The van der Waals surface area contributed by atoms with Gasteiger partial charge in [-0.05, 0) is 47.7 Å². The Morgan fingerprint density at radius 1 is 0.875 bits per heavy atom. The summed E-state index contributed by atoms with van der Waals surface area (Å²) in [5.74, 6) is 0.240. The average Bonchev–Trinajstić information content (AvgIpc) is 2.77. The third-order valence-corrected chi connectivity index (χ3v) is 6.34. The van der Waals surface area contributed by atoms with Crippen molar-refractivity contribution in [2.75, 3.05) is 10.6 Å². The molecule has 5 nitrogen and oxygen atoms in total. The second-order valence-electron chi connectivity index (χ2n) is 8.37. The van der Waals surface area contributed by atoms with Crippen LogP contribution in [0.25, 0.3) is 0 Å². The van der Waals surface area contributed by atoms with Gasteiger partial charge in [-0.3, -0.25) is 9.10 Å². The lowest BCUT2D eigenvalue weighted by Gasteiger charge is -2.23. The second-order valence-corrected chi connectivity index (χ2v) is 10.3. The minimum Gasteiger partial charge on any atom is -0.345 e. The second kappa shape index (κ2) is 10.5. The first-order chi connectivity index (χ1) is 15.2. The van der Waals surface area contributed by atoms with Crippen LogP contribution in [-0.4, -0.2) is 20.6 Å². The first-order valence-corrected chi connectivity index (χ1v) is 12.6. The van der Waals surface area contributed by atoms with E-state index in [1.54, 1.807) is 24.3 Å². The van der Waals surface area contributed by atoms with E-state index in [-0.39, 0.29) is 18.5 Å². The largest absolute Gasteiger partial charge is 0.345 e. The van der Waals surface area contributed by atoms with Gasteiger partial charge in [-0.25, -0.2) is 8.42 Å². The molecule has 0 bridgehead atoms. The van der Waals surface area contributed by atoms with Gasteiger partial charge in [-0.15, -0.1) is 0 Å². The van der Waals surface area contributed by atoms with Gasteiger partial charge in [-0.2, -0.15) is 0 Å². The lowest BCUT2D eigenvalue weighted by molar-refractivity contribution is 0.0932. The molecule has 0 heterocycles. The van der Waals surface area contributed by atoms with Crippen molar-refractivity contribution in [3.63, 3.8) is 0 Å². The average molecular weight is 451 g/mol. The van der Waals surface area contributed by atoms with Gasteiger partial charge < -0.3 is 5.32 Å². The molecule has 0 spiro atoms. The minimum absolute atomic E-state index is 0.0889. The van der Waals surface area contributed by atoms with Crippen LogP contribution in [0.4, 0.5) is 5.69 Å². The number of carbonyl (C=O) groups is 1. The van der Waals surface area contributed by atoms with Crippen molar-refractivity contribution in [1.29, 1.82) is 0 Å². The molecule has 32 heavy (non-hydrogen) atoms. The highest BCUT2D eigenvalue weighted by Crippen LogP contribution is 2.24. The molecule has 6 heteroatoms. The zero-order valence-electron chi connectivity index (χ0n) is 18.7. The molecule has 0 saturated heterocycles. The zero-order valence-corrected chi connectivity index (χ0v) is 19.5. The van der Waals surface area contributed by atoms with Gasteiger partial charge in [0.15, 0.2) is 0 Å². The molecule has 0 fully saturated rings. The predicted molar refractivity (Wildman–Crippen MR) is 130 cm³/mol. The third-order valence-electron chi connectivity index (χ3n) is 5.20. The Hall–Kier alpha value is -3.12. The molecular formula is C26H30N2O3S. The molecule has 0 saturated carbocycles. The molecule has 0 aliphatic heterocycles. The lowest BCUT2D eigenvalue weighted by atomic mass is 9.96. The first kappa shape index (κ1) is 23.5. The molecule has 0 aliphatic rings. The number of nitrogens with one attached hydrogen (secondary N) is 1. The normalized spacial score (nSPS) is 12.4. The molecule has 3 aromatic rings. The maximum absolute atomic E-state index is 12.9. The zero-order chi connectivity index (χ0) is 23.1. The minimum atomic E-state index is -3.48. The summed E-state index contributed by atoms with van der Waals surface area (Å²) in [6, 6.07) is 26.0. The monoisotopic (exact) mass is 450 g/mol. The van der Waals surface area contributed by atoms with E-state index in [9.17, 15) is 13.2 Å². The van der Waals surface area contributed by atoms with Crippen molar-refractivity contribution in [2.24, 2.45) is 5.92 Å². The van der Waals surface area contributed by atoms with Crippen LogP contribution in [0.3, 0.4) is 0 Å². The van der Waals surface area contributed by atoms with Crippen molar-refractivity contribution in [2.45, 2.75) is 32.9 Å². The van der Waals surface area contributed by atoms with Crippen LogP contribution in [0.5, 0.6) is 0 Å². The fraction of sp³-hybridized carbons (Fsp3) is 0.269. The summed E-state index contributed by atoms with van der Waals surface area (Å²) in [4.78, 5) is 12.9. The molecule has 3 aromatic carbocycles. The van der Waals surface area contributed by atoms with Gasteiger partial charge >= 0.3 is 0 Å². The Morgan fingerprint density at radius 3 is 1.97 bits per heavy atom. The van der Waals surface area contributed by atoms with Crippen molar-refractivity contribution < 1.29 is 13.2 Å². The molecule has 1 atom stereocenters. The first-order valence-electron chi connectivity index (χ1n) is 10.7. The number of amides is 1. The van der Waals surface area contributed by atoms with E-state index >= 15 is 0 Å². The number of carbonyl (C=O) groups excluding carboxylic acids is 1. The summed E-state index contributed by atoms with van der Waals surface area (Å²) in [6.07, 6.45) is 2.01. The number of hydrogen-bond donors (Lipinski definition) is 1. The summed E-state index contributed by atoms with van der Waals surface area (Å²) >= 11 is 0. The summed E-state index contributed by atoms with van der Waals surface area (Å²) in [5, 5.41) is 3.13. The molecule has 0 radical (unpaired) electrons. The van der Waals surface area contributed by atoms with E-state index < -0.39 is 10.0 Å². The third kappa shape index (κ3) is 6.44. The van der Waals surface area contributed by atoms with E-state index in [4.69, 9.17) is 0 Å². The van der Waals surface area contributed by atoms with Gasteiger partial charge in [0.1, 0.15) is 0 Å². The van der Waals surface area contributed by atoms with Crippen LogP contribution in [0, 0.1) is 5.92 Å². The SMILES string of the molecule is CC(C)C[C@@H](NC(=O)c1ccc(N(Cc2ccccc2)S(C)(=O)=O)cc1)c1ccccc1. The predicted octanol–water partition coefficient (Wildman–Crippen LogP) is 5.17.